The first-order valence-corrected chi connectivity index (χ1v) is 13.7. The Hall–Kier alpha value is -1.28. The van der Waals surface area contributed by atoms with Gasteiger partial charge in [0.05, 0.1) is 39.6 Å². The third-order valence-electron chi connectivity index (χ3n) is 6.52. The van der Waals surface area contributed by atoms with Crippen LogP contribution in [0.25, 0.3) is 6.08 Å². The van der Waals surface area contributed by atoms with E-state index in [0.717, 1.165) is 117 Å². The van der Waals surface area contributed by atoms with Crippen molar-refractivity contribution in [2.45, 2.75) is 76.1 Å². The van der Waals surface area contributed by atoms with Gasteiger partial charge in [0, 0.05) is 19.8 Å². The molecule has 0 saturated carbocycles. The summed E-state index contributed by atoms with van der Waals surface area (Å²) in [5.74, 6) is 0. The van der Waals surface area contributed by atoms with E-state index < -0.39 is 0 Å². The first-order chi connectivity index (χ1) is 17.4. The Balaban J connectivity index is 1.15. The largest absolute Gasteiger partial charge is 0.379 e. The number of aryl methyl sites for hydroxylation is 2. The zero-order valence-electron chi connectivity index (χ0n) is 21.3. The fraction of sp³-hybridized carbons (Fsp3) is 0.724. The van der Waals surface area contributed by atoms with Crippen LogP contribution < -0.4 is 0 Å². The van der Waals surface area contributed by atoms with Crippen molar-refractivity contribution >= 4 is 6.08 Å². The van der Waals surface area contributed by atoms with Crippen LogP contribution in [0.4, 0.5) is 0 Å². The maximum atomic E-state index is 5.71. The van der Waals surface area contributed by atoms with Crippen LogP contribution in [0.1, 0.15) is 61.6 Å². The highest BCUT2D eigenvalue weighted by atomic mass is 16.6. The Morgan fingerprint density at radius 3 is 1.80 bits per heavy atom. The Kier molecular flexibility index (Phi) is 12.0. The normalized spacial score (nSPS) is 22.7. The van der Waals surface area contributed by atoms with Crippen LogP contribution in [-0.4, -0.2) is 77.8 Å². The molecule has 0 bridgehead atoms. The second-order valence-electron chi connectivity index (χ2n) is 9.94. The van der Waals surface area contributed by atoms with Gasteiger partial charge in [-0.25, -0.2) is 0 Å². The molecule has 0 aromatic heterocycles. The Labute approximate surface area is 211 Å². The fourth-order valence-electron chi connectivity index (χ4n) is 4.06. The quantitative estimate of drug-likeness (QED) is 0.173. The zero-order valence-corrected chi connectivity index (χ0v) is 21.3. The van der Waals surface area contributed by atoms with E-state index in [2.05, 4.69) is 30.4 Å². The minimum absolute atomic E-state index is 0.356. The summed E-state index contributed by atoms with van der Waals surface area (Å²) in [6, 6.07) is 7.03. The van der Waals surface area contributed by atoms with Crippen LogP contribution >= 0.6 is 0 Å². The van der Waals surface area contributed by atoms with Gasteiger partial charge in [-0.2, -0.15) is 0 Å². The van der Waals surface area contributed by atoms with Gasteiger partial charge in [-0.1, -0.05) is 30.4 Å². The summed E-state index contributed by atoms with van der Waals surface area (Å²) in [4.78, 5) is 0. The van der Waals surface area contributed by atoms with Gasteiger partial charge in [0.25, 0.3) is 0 Å². The van der Waals surface area contributed by atoms with Crippen LogP contribution in [0.15, 0.2) is 24.3 Å². The Morgan fingerprint density at radius 2 is 1.23 bits per heavy atom. The maximum Gasteiger partial charge on any atom is 0.104 e. The number of unbranched alkanes of at least 4 members (excludes halogenated alkanes) is 4. The van der Waals surface area contributed by atoms with E-state index in [4.69, 9.17) is 28.4 Å². The van der Waals surface area contributed by atoms with Gasteiger partial charge in [-0.3, -0.25) is 0 Å². The smallest absolute Gasteiger partial charge is 0.104 e. The molecule has 3 aliphatic rings. The van der Waals surface area contributed by atoms with Crippen molar-refractivity contribution in [3.63, 3.8) is 0 Å². The molecule has 3 saturated heterocycles. The standard InChI is InChI=1S/C29H44O6/c1(2-6-14-30-18-27-21-33-27)3-10-25-13-12-24(9-4-7-15-31-19-28-22-34-28)17-26(25)11-5-8-16-32-20-29-23-35-29/h3,10,12-13,17,27-29H,1-2,4-9,11,14-16,18-23H2. The first-order valence-electron chi connectivity index (χ1n) is 13.7. The average Bonchev–Trinajstić information content (AvgIpc) is 3.71. The number of epoxide rings is 3. The molecule has 0 N–H and O–H groups in total. The van der Waals surface area contributed by atoms with E-state index in [-0.39, 0.29) is 0 Å². The minimum atomic E-state index is 0.356. The van der Waals surface area contributed by atoms with Gasteiger partial charge < -0.3 is 28.4 Å². The van der Waals surface area contributed by atoms with E-state index in [9.17, 15) is 0 Å². The molecule has 0 spiro atoms. The lowest BCUT2D eigenvalue weighted by molar-refractivity contribution is 0.113. The molecule has 0 amide bonds. The van der Waals surface area contributed by atoms with Crippen LogP contribution in [0.2, 0.25) is 0 Å². The lowest BCUT2D eigenvalue weighted by Crippen LogP contribution is -2.03. The van der Waals surface area contributed by atoms with Crippen LogP contribution in [0.3, 0.4) is 0 Å². The molecule has 1 aromatic rings. The fourth-order valence-corrected chi connectivity index (χ4v) is 4.06. The highest BCUT2D eigenvalue weighted by Gasteiger charge is 2.23. The van der Waals surface area contributed by atoms with Gasteiger partial charge in [0.15, 0.2) is 0 Å². The van der Waals surface area contributed by atoms with E-state index in [1.54, 1.807) is 0 Å². The van der Waals surface area contributed by atoms with Gasteiger partial charge in [-0.15, -0.1) is 0 Å². The third kappa shape index (κ3) is 12.5. The number of rotatable bonds is 22. The Morgan fingerprint density at radius 1 is 0.686 bits per heavy atom. The van der Waals surface area contributed by atoms with Crippen molar-refractivity contribution in [3.8, 4) is 0 Å². The molecule has 6 nitrogen and oxygen atoms in total. The molecule has 3 aliphatic heterocycles. The van der Waals surface area contributed by atoms with Crippen LogP contribution in [-0.2, 0) is 41.3 Å². The second-order valence-corrected chi connectivity index (χ2v) is 9.94. The number of benzene rings is 1. The maximum absolute atomic E-state index is 5.71. The topological polar surface area (TPSA) is 65.3 Å². The van der Waals surface area contributed by atoms with Crippen LogP contribution in [0.5, 0.6) is 0 Å². The van der Waals surface area contributed by atoms with Crippen molar-refractivity contribution in [3.05, 3.63) is 41.0 Å². The molecular formula is C29H44O6. The molecule has 0 aliphatic carbocycles. The highest BCUT2D eigenvalue weighted by molar-refractivity contribution is 5.54. The van der Waals surface area contributed by atoms with E-state index in [1.807, 2.05) is 0 Å². The highest BCUT2D eigenvalue weighted by Crippen LogP contribution is 2.19. The van der Waals surface area contributed by atoms with Crippen molar-refractivity contribution in [2.24, 2.45) is 0 Å². The monoisotopic (exact) mass is 488 g/mol. The number of ether oxygens (including phenoxy) is 6. The molecule has 6 heteroatoms. The first kappa shape index (κ1) is 26.8. The van der Waals surface area contributed by atoms with E-state index in [0.29, 0.717) is 18.3 Å². The van der Waals surface area contributed by atoms with Crippen LogP contribution in [0, 0.1) is 0 Å². The number of hydrogen-bond donors (Lipinski definition) is 0. The molecular weight excluding hydrogens is 444 g/mol. The molecule has 3 heterocycles. The molecule has 196 valence electrons. The molecule has 3 fully saturated rings. The lowest BCUT2D eigenvalue weighted by Gasteiger charge is -2.11. The predicted octanol–water partition coefficient (Wildman–Crippen LogP) is 4.76. The average molecular weight is 489 g/mol. The molecule has 4 rings (SSSR count). The summed E-state index contributed by atoms with van der Waals surface area (Å²) in [5, 5.41) is 0. The predicted molar refractivity (Wildman–Crippen MR) is 137 cm³/mol. The third-order valence-corrected chi connectivity index (χ3v) is 6.52. The summed E-state index contributed by atoms with van der Waals surface area (Å²) in [6.07, 6.45) is 15.8. The number of hydrogen-bond acceptors (Lipinski definition) is 6. The van der Waals surface area contributed by atoms with Crippen molar-refractivity contribution in [1.29, 1.82) is 0 Å². The molecule has 3 atom stereocenters. The molecule has 3 unspecified atom stereocenters. The SMILES string of the molecule is C(=Cc1ccc(CCCCOCC2CO2)cc1CCCCOCC1CO1)CCCCOCC1CO1. The van der Waals surface area contributed by atoms with Crippen molar-refractivity contribution < 1.29 is 28.4 Å². The second kappa shape index (κ2) is 15.7. The summed E-state index contributed by atoms with van der Waals surface area (Å²) < 4.78 is 32.6. The van der Waals surface area contributed by atoms with Gasteiger partial charge in [0.2, 0.25) is 0 Å². The van der Waals surface area contributed by atoms with Gasteiger partial charge in [-0.05, 0) is 74.5 Å². The van der Waals surface area contributed by atoms with Gasteiger partial charge >= 0.3 is 0 Å². The van der Waals surface area contributed by atoms with Crippen molar-refractivity contribution in [2.75, 3.05) is 59.5 Å². The number of allylic oxidation sites excluding steroid dienone is 1. The van der Waals surface area contributed by atoms with E-state index in [1.165, 1.54) is 16.7 Å². The summed E-state index contributed by atoms with van der Waals surface area (Å²) >= 11 is 0. The zero-order chi connectivity index (χ0) is 24.0. The lowest BCUT2D eigenvalue weighted by atomic mass is 9.96. The minimum Gasteiger partial charge on any atom is -0.379 e. The Bertz CT molecular complexity index is 739. The summed E-state index contributed by atoms with van der Waals surface area (Å²) in [7, 11) is 0. The van der Waals surface area contributed by atoms with Crippen molar-refractivity contribution in [1.82, 2.24) is 0 Å². The van der Waals surface area contributed by atoms with E-state index >= 15 is 0 Å². The summed E-state index contributed by atoms with van der Waals surface area (Å²) in [5.41, 5.74) is 4.25. The summed E-state index contributed by atoms with van der Waals surface area (Å²) in [6.45, 7) is 7.36. The molecule has 0 radical (unpaired) electrons. The molecule has 1 aromatic carbocycles. The van der Waals surface area contributed by atoms with Gasteiger partial charge in [0.1, 0.15) is 18.3 Å². The molecule has 35 heavy (non-hydrogen) atoms.